The number of benzene rings is 2. The molecule has 0 saturated carbocycles. The van der Waals surface area contributed by atoms with Gasteiger partial charge in [-0.15, -0.1) is 0 Å². The van der Waals surface area contributed by atoms with Crippen molar-refractivity contribution in [3.05, 3.63) is 70.2 Å². The van der Waals surface area contributed by atoms with Crippen LogP contribution >= 0.6 is 11.6 Å². The Morgan fingerprint density at radius 2 is 1.93 bits per heavy atom. The molecule has 4 nitrogen and oxygen atoms in total. The van der Waals surface area contributed by atoms with Crippen molar-refractivity contribution in [2.24, 2.45) is 0 Å². The summed E-state index contributed by atoms with van der Waals surface area (Å²) in [7, 11) is 0. The van der Waals surface area contributed by atoms with Crippen LogP contribution in [0.1, 0.15) is 41.3 Å². The summed E-state index contributed by atoms with van der Waals surface area (Å²) in [5.74, 6) is -0.581. The van der Waals surface area contributed by atoms with E-state index in [-0.39, 0.29) is 5.56 Å². The van der Waals surface area contributed by atoms with Crippen LogP contribution in [0.5, 0.6) is 0 Å². The van der Waals surface area contributed by atoms with Crippen molar-refractivity contribution in [3.63, 3.8) is 0 Å². The lowest BCUT2D eigenvalue weighted by molar-refractivity contribution is -0.137. The lowest BCUT2D eigenvalue weighted by atomic mass is 10.1. The molecule has 0 aliphatic carbocycles. The summed E-state index contributed by atoms with van der Waals surface area (Å²) in [5.41, 5.74) is -0.423. The fourth-order valence-electron chi connectivity index (χ4n) is 3.17. The second-order valence-corrected chi connectivity index (χ2v) is 7.30. The topological polar surface area (TPSA) is 56.1 Å². The molecule has 1 N–H and O–H groups in total. The van der Waals surface area contributed by atoms with Crippen LogP contribution in [0.4, 0.5) is 13.2 Å². The summed E-state index contributed by atoms with van der Waals surface area (Å²) >= 11 is 5.73. The van der Waals surface area contributed by atoms with Crippen LogP contribution in [0.2, 0.25) is 5.02 Å². The fraction of sp³-hybridized carbons (Fsp3) is 0.364. The lowest BCUT2D eigenvalue weighted by Gasteiger charge is -2.21. The molecule has 1 atom stereocenters. The molecule has 1 saturated heterocycles. The number of hydrogen-bond donors (Lipinski definition) is 1. The van der Waals surface area contributed by atoms with Crippen molar-refractivity contribution in [2.45, 2.75) is 32.0 Å². The van der Waals surface area contributed by atoms with E-state index in [1.54, 1.807) is 12.1 Å². The van der Waals surface area contributed by atoms with Gasteiger partial charge in [0.15, 0.2) is 0 Å². The summed E-state index contributed by atoms with van der Waals surface area (Å²) in [4.78, 5) is 14.3. The molecule has 0 aromatic heterocycles. The molecule has 1 aliphatic heterocycles. The minimum absolute atomic E-state index is 0.147. The van der Waals surface area contributed by atoms with Crippen molar-refractivity contribution in [1.82, 2.24) is 10.2 Å². The average Bonchev–Trinajstić information content (AvgIpc) is 3.13. The van der Waals surface area contributed by atoms with Gasteiger partial charge < -0.3 is 5.32 Å². The zero-order valence-corrected chi connectivity index (χ0v) is 17.3. The van der Waals surface area contributed by atoms with Crippen LogP contribution in [0.15, 0.2) is 48.5 Å². The largest absolute Gasteiger partial charge is 0.417 e. The number of nitriles is 1. The van der Waals surface area contributed by atoms with Gasteiger partial charge in [-0.1, -0.05) is 35.9 Å². The molecular formula is C22H23ClF3N3O. The minimum atomic E-state index is -4.57. The normalized spacial score (nSPS) is 16.3. The Balaban J connectivity index is 0.000000335. The first-order valence-corrected chi connectivity index (χ1v) is 9.95. The predicted molar refractivity (Wildman–Crippen MR) is 110 cm³/mol. The maximum atomic E-state index is 12.8. The van der Waals surface area contributed by atoms with E-state index in [1.807, 2.05) is 24.3 Å². The minimum Gasteiger partial charge on any atom is -0.351 e. The van der Waals surface area contributed by atoms with Crippen LogP contribution in [-0.2, 0) is 6.18 Å². The number of alkyl halides is 3. The molecular weight excluding hydrogens is 415 g/mol. The van der Waals surface area contributed by atoms with Crippen LogP contribution in [0, 0.1) is 11.3 Å². The third-order valence-corrected chi connectivity index (χ3v) is 5.23. The second kappa shape index (κ2) is 11.0. The molecule has 0 spiro atoms. The van der Waals surface area contributed by atoms with Crippen LogP contribution in [0.25, 0.3) is 0 Å². The first-order chi connectivity index (χ1) is 14.2. The summed E-state index contributed by atoms with van der Waals surface area (Å²) in [6.45, 7) is 4.18. The monoisotopic (exact) mass is 437 g/mol. The van der Waals surface area contributed by atoms with Gasteiger partial charge in [0.2, 0.25) is 0 Å². The first-order valence-electron chi connectivity index (χ1n) is 9.57. The lowest BCUT2D eigenvalue weighted by Crippen LogP contribution is -2.36. The van der Waals surface area contributed by atoms with E-state index in [4.69, 9.17) is 16.9 Å². The number of nitrogens with one attached hydrogen (secondary N) is 1. The summed E-state index contributed by atoms with van der Waals surface area (Å²) in [5, 5.41) is 10.4. The SMILES string of the molecule is CC1CCCN1CCNC(=O)c1cccc(C(F)(F)F)c1Cl.N#Cc1ccccc1. The van der Waals surface area contributed by atoms with Gasteiger partial charge in [-0.05, 0) is 50.6 Å². The van der Waals surface area contributed by atoms with Gasteiger partial charge in [0.05, 0.1) is 27.8 Å². The zero-order chi connectivity index (χ0) is 22.1. The van der Waals surface area contributed by atoms with E-state index in [0.29, 0.717) is 24.7 Å². The molecule has 0 bridgehead atoms. The molecule has 30 heavy (non-hydrogen) atoms. The number of rotatable bonds is 4. The van der Waals surface area contributed by atoms with E-state index < -0.39 is 22.7 Å². The maximum Gasteiger partial charge on any atom is 0.417 e. The maximum absolute atomic E-state index is 12.8. The first kappa shape index (κ1) is 23.7. The van der Waals surface area contributed by atoms with Gasteiger partial charge in [-0.25, -0.2) is 0 Å². The Kier molecular flexibility index (Phi) is 8.70. The molecule has 2 aromatic rings. The number of carbonyl (C=O) groups is 1. The predicted octanol–water partition coefficient (Wildman–Crippen LogP) is 5.13. The Hall–Kier alpha value is -2.56. The molecule has 3 rings (SSSR count). The highest BCUT2D eigenvalue weighted by Gasteiger charge is 2.34. The Morgan fingerprint density at radius 1 is 1.23 bits per heavy atom. The van der Waals surface area contributed by atoms with Gasteiger partial charge in [0.1, 0.15) is 0 Å². The van der Waals surface area contributed by atoms with Gasteiger partial charge >= 0.3 is 6.18 Å². The number of hydrogen-bond acceptors (Lipinski definition) is 3. The molecule has 1 heterocycles. The molecule has 2 aromatic carbocycles. The molecule has 8 heteroatoms. The van der Waals surface area contributed by atoms with Gasteiger partial charge in [0.25, 0.3) is 5.91 Å². The van der Waals surface area contributed by atoms with Crippen molar-refractivity contribution in [1.29, 1.82) is 5.26 Å². The van der Waals surface area contributed by atoms with E-state index >= 15 is 0 Å². The van der Waals surface area contributed by atoms with Crippen LogP contribution in [0.3, 0.4) is 0 Å². The molecule has 1 aliphatic rings. The van der Waals surface area contributed by atoms with Crippen LogP contribution in [-0.4, -0.2) is 36.5 Å². The summed E-state index contributed by atoms with van der Waals surface area (Å²) < 4.78 is 38.3. The van der Waals surface area contributed by atoms with Crippen LogP contribution < -0.4 is 5.32 Å². The molecule has 1 unspecified atom stereocenters. The van der Waals surface area contributed by atoms with E-state index in [0.717, 1.165) is 25.5 Å². The van der Waals surface area contributed by atoms with E-state index in [2.05, 4.69) is 17.1 Å². The molecule has 160 valence electrons. The number of likely N-dealkylation sites (tertiary alicyclic amines) is 1. The third-order valence-electron chi connectivity index (χ3n) is 4.83. The standard InChI is InChI=1S/C15H18ClF3N2O.C7H5N/c1-10-4-3-8-21(10)9-7-20-14(22)11-5-2-6-12(13(11)16)15(17,18)19;8-6-7-4-2-1-3-5-7/h2,5-6,10H,3-4,7-9H2,1H3,(H,20,22);1-5H. The second-order valence-electron chi connectivity index (χ2n) is 6.93. The van der Waals surface area contributed by atoms with E-state index in [9.17, 15) is 18.0 Å². The number of halogens is 4. The Morgan fingerprint density at radius 3 is 2.47 bits per heavy atom. The molecule has 0 radical (unpaired) electrons. The molecule has 1 fully saturated rings. The highest BCUT2D eigenvalue weighted by molar-refractivity contribution is 6.34. The number of amides is 1. The number of carbonyl (C=O) groups excluding carboxylic acids is 1. The van der Waals surface area contributed by atoms with Gasteiger partial charge in [-0.3, -0.25) is 9.69 Å². The average molecular weight is 438 g/mol. The zero-order valence-electron chi connectivity index (χ0n) is 16.5. The van der Waals surface area contributed by atoms with Crippen molar-refractivity contribution in [2.75, 3.05) is 19.6 Å². The molecule has 1 amide bonds. The third kappa shape index (κ3) is 6.75. The highest BCUT2D eigenvalue weighted by Crippen LogP contribution is 2.36. The van der Waals surface area contributed by atoms with E-state index in [1.165, 1.54) is 12.1 Å². The van der Waals surface area contributed by atoms with Gasteiger partial charge in [-0.2, -0.15) is 18.4 Å². The van der Waals surface area contributed by atoms with Crippen molar-refractivity contribution < 1.29 is 18.0 Å². The number of nitrogens with zero attached hydrogens (tertiary/aromatic N) is 2. The Bertz CT molecular complexity index is 881. The van der Waals surface area contributed by atoms with Crippen molar-refractivity contribution in [3.8, 4) is 6.07 Å². The smallest absolute Gasteiger partial charge is 0.351 e. The summed E-state index contributed by atoms with van der Waals surface area (Å²) in [6.07, 6.45) is -2.31. The fourth-order valence-corrected chi connectivity index (χ4v) is 3.49. The van der Waals surface area contributed by atoms with Crippen molar-refractivity contribution >= 4 is 17.5 Å². The summed E-state index contributed by atoms with van der Waals surface area (Å²) in [6, 6.07) is 15.0. The highest BCUT2D eigenvalue weighted by atomic mass is 35.5. The Labute approximate surface area is 179 Å². The van der Waals surface area contributed by atoms with Gasteiger partial charge in [0, 0.05) is 19.1 Å². The quantitative estimate of drug-likeness (QED) is 0.721.